The van der Waals surface area contributed by atoms with Gasteiger partial charge < -0.3 is 15.5 Å². The molecule has 0 spiro atoms. The van der Waals surface area contributed by atoms with Crippen molar-refractivity contribution < 1.29 is 9.59 Å². The molecule has 0 aliphatic heterocycles. The molecule has 1 atom stereocenters. The Hall–Kier alpha value is -4.42. The first-order valence-electron chi connectivity index (χ1n) is 13.8. The third-order valence-electron chi connectivity index (χ3n) is 6.96. The van der Waals surface area contributed by atoms with Crippen LogP contribution in [0, 0.1) is 0 Å². The standard InChI is InChI=1S/C34H38N4O2/c1-4-23-35-34(40)32(27-15-9-6-10-16-27)38(3)25-24-37(2)29-21-19-28(20-22-29)36-33(39)31-18-12-11-17-30(31)26-13-7-5-8-14-26/h5-22,32H,4,23-25H2,1-3H3,(H,35,40)(H,36,39). The summed E-state index contributed by atoms with van der Waals surface area (Å²) in [4.78, 5) is 30.4. The zero-order valence-electron chi connectivity index (χ0n) is 23.5. The van der Waals surface area contributed by atoms with Gasteiger partial charge in [-0.05, 0) is 60.5 Å². The molecule has 0 aliphatic carbocycles. The summed E-state index contributed by atoms with van der Waals surface area (Å²) < 4.78 is 0. The molecule has 40 heavy (non-hydrogen) atoms. The maximum absolute atomic E-state index is 13.1. The SMILES string of the molecule is CCCNC(=O)C(c1ccccc1)N(C)CCN(C)c1ccc(NC(=O)c2ccccc2-c2ccccc2)cc1. The highest BCUT2D eigenvalue weighted by molar-refractivity contribution is 6.08. The number of rotatable bonds is 12. The Morgan fingerprint density at radius 3 is 2.05 bits per heavy atom. The minimum Gasteiger partial charge on any atom is -0.373 e. The number of benzene rings is 4. The predicted molar refractivity (Wildman–Crippen MR) is 165 cm³/mol. The van der Waals surface area contributed by atoms with Crippen LogP contribution in [-0.2, 0) is 4.79 Å². The first-order valence-corrected chi connectivity index (χ1v) is 13.8. The molecular formula is C34H38N4O2. The van der Waals surface area contributed by atoms with Crippen LogP contribution in [0.5, 0.6) is 0 Å². The normalized spacial score (nSPS) is 11.6. The molecule has 6 nitrogen and oxygen atoms in total. The van der Waals surface area contributed by atoms with Gasteiger partial charge in [0.15, 0.2) is 0 Å². The average molecular weight is 535 g/mol. The summed E-state index contributed by atoms with van der Waals surface area (Å²) in [5.41, 5.74) is 5.29. The highest BCUT2D eigenvalue weighted by atomic mass is 16.2. The second-order valence-electron chi connectivity index (χ2n) is 9.92. The van der Waals surface area contributed by atoms with E-state index in [-0.39, 0.29) is 17.9 Å². The van der Waals surface area contributed by atoms with Crippen LogP contribution < -0.4 is 15.5 Å². The van der Waals surface area contributed by atoms with Crippen LogP contribution >= 0.6 is 0 Å². The van der Waals surface area contributed by atoms with Crippen LogP contribution in [0.2, 0.25) is 0 Å². The van der Waals surface area contributed by atoms with Gasteiger partial charge in [-0.15, -0.1) is 0 Å². The van der Waals surface area contributed by atoms with Crippen molar-refractivity contribution in [1.29, 1.82) is 0 Å². The van der Waals surface area contributed by atoms with Gasteiger partial charge in [0.05, 0.1) is 0 Å². The van der Waals surface area contributed by atoms with Gasteiger partial charge in [-0.2, -0.15) is 0 Å². The molecule has 0 bridgehead atoms. The molecule has 4 rings (SSSR count). The Bertz CT molecular complexity index is 1370. The van der Waals surface area contributed by atoms with Crippen LogP contribution in [0.15, 0.2) is 109 Å². The second-order valence-corrected chi connectivity index (χ2v) is 9.92. The molecule has 1 unspecified atom stereocenters. The summed E-state index contributed by atoms with van der Waals surface area (Å²) in [6.45, 7) is 4.15. The van der Waals surface area contributed by atoms with Crippen LogP contribution in [0.4, 0.5) is 11.4 Å². The van der Waals surface area contributed by atoms with E-state index < -0.39 is 0 Å². The Kier molecular flexibility index (Phi) is 10.1. The largest absolute Gasteiger partial charge is 0.373 e. The Balaban J connectivity index is 1.38. The minimum atomic E-state index is -0.350. The highest BCUT2D eigenvalue weighted by Gasteiger charge is 2.24. The maximum Gasteiger partial charge on any atom is 0.256 e. The summed E-state index contributed by atoms with van der Waals surface area (Å²) in [5.74, 6) is -0.123. The van der Waals surface area contributed by atoms with Gasteiger partial charge in [-0.25, -0.2) is 0 Å². The molecule has 0 aromatic heterocycles. The van der Waals surface area contributed by atoms with E-state index in [9.17, 15) is 9.59 Å². The Morgan fingerprint density at radius 2 is 1.38 bits per heavy atom. The molecule has 0 saturated heterocycles. The second kappa shape index (κ2) is 14.1. The van der Waals surface area contributed by atoms with Crippen molar-refractivity contribution in [3.63, 3.8) is 0 Å². The number of anilines is 2. The van der Waals surface area contributed by atoms with Gasteiger partial charge in [0.25, 0.3) is 5.91 Å². The lowest BCUT2D eigenvalue weighted by atomic mass is 9.99. The number of carbonyl (C=O) groups excluding carboxylic acids is 2. The topological polar surface area (TPSA) is 64.7 Å². The monoisotopic (exact) mass is 534 g/mol. The van der Waals surface area contributed by atoms with E-state index in [1.165, 1.54) is 0 Å². The number of nitrogens with zero attached hydrogens (tertiary/aromatic N) is 2. The van der Waals surface area contributed by atoms with E-state index >= 15 is 0 Å². The van der Waals surface area contributed by atoms with E-state index in [1.807, 2.05) is 123 Å². The van der Waals surface area contributed by atoms with Crippen molar-refractivity contribution in [3.8, 4) is 11.1 Å². The summed E-state index contributed by atoms with van der Waals surface area (Å²) in [5, 5.41) is 6.09. The number of hydrogen-bond donors (Lipinski definition) is 2. The zero-order valence-corrected chi connectivity index (χ0v) is 23.5. The molecule has 4 aromatic rings. The van der Waals surface area contributed by atoms with E-state index in [0.717, 1.165) is 41.0 Å². The summed E-state index contributed by atoms with van der Waals surface area (Å²) in [7, 11) is 4.02. The third kappa shape index (κ3) is 7.36. The highest BCUT2D eigenvalue weighted by Crippen LogP contribution is 2.25. The summed E-state index contributed by atoms with van der Waals surface area (Å²) in [6.07, 6.45) is 0.899. The zero-order chi connectivity index (χ0) is 28.3. The molecule has 0 aliphatic rings. The number of likely N-dealkylation sites (N-methyl/N-ethyl adjacent to an activating group) is 2. The molecular weight excluding hydrogens is 496 g/mol. The fourth-order valence-electron chi connectivity index (χ4n) is 4.70. The quantitative estimate of drug-likeness (QED) is 0.226. The molecule has 0 fully saturated rings. The van der Waals surface area contributed by atoms with E-state index in [2.05, 4.69) is 27.4 Å². The molecule has 4 aromatic carbocycles. The van der Waals surface area contributed by atoms with Crippen molar-refractivity contribution in [1.82, 2.24) is 10.2 Å². The van der Waals surface area contributed by atoms with Crippen LogP contribution in [0.3, 0.4) is 0 Å². The van der Waals surface area contributed by atoms with Gasteiger partial charge in [0.1, 0.15) is 6.04 Å². The molecule has 2 N–H and O–H groups in total. The van der Waals surface area contributed by atoms with Gasteiger partial charge in [0, 0.05) is 43.6 Å². The molecule has 206 valence electrons. The molecule has 0 saturated carbocycles. The number of hydrogen-bond acceptors (Lipinski definition) is 4. The third-order valence-corrected chi connectivity index (χ3v) is 6.96. The van der Waals surface area contributed by atoms with E-state index in [4.69, 9.17) is 0 Å². The first-order chi connectivity index (χ1) is 19.5. The van der Waals surface area contributed by atoms with E-state index in [1.54, 1.807) is 0 Å². The summed E-state index contributed by atoms with van der Waals surface area (Å²) >= 11 is 0. The molecule has 0 heterocycles. The van der Waals surface area contributed by atoms with Gasteiger partial charge in [-0.3, -0.25) is 14.5 Å². The van der Waals surface area contributed by atoms with Crippen molar-refractivity contribution in [2.45, 2.75) is 19.4 Å². The first kappa shape index (κ1) is 28.6. The minimum absolute atomic E-state index is 0.0205. The van der Waals surface area contributed by atoms with Crippen molar-refractivity contribution in [2.75, 3.05) is 43.9 Å². The summed E-state index contributed by atoms with van der Waals surface area (Å²) in [6, 6.07) is 35.0. The molecule has 6 heteroatoms. The Labute approximate surface area is 237 Å². The fourth-order valence-corrected chi connectivity index (χ4v) is 4.70. The number of nitrogens with one attached hydrogen (secondary N) is 2. The maximum atomic E-state index is 13.1. The molecule has 2 amide bonds. The van der Waals surface area contributed by atoms with Crippen LogP contribution in [-0.4, -0.2) is 50.4 Å². The lowest BCUT2D eigenvalue weighted by molar-refractivity contribution is -0.126. The number of carbonyl (C=O) groups is 2. The van der Waals surface area contributed by atoms with Crippen LogP contribution in [0.1, 0.15) is 35.3 Å². The van der Waals surface area contributed by atoms with Gasteiger partial charge in [0.2, 0.25) is 5.91 Å². The average Bonchev–Trinajstić information content (AvgIpc) is 3.00. The number of amides is 2. The van der Waals surface area contributed by atoms with Crippen LogP contribution in [0.25, 0.3) is 11.1 Å². The van der Waals surface area contributed by atoms with Gasteiger partial charge in [-0.1, -0.05) is 85.8 Å². The van der Waals surface area contributed by atoms with Crippen molar-refractivity contribution in [2.24, 2.45) is 0 Å². The molecule has 0 radical (unpaired) electrons. The lowest BCUT2D eigenvalue weighted by Crippen LogP contribution is -2.41. The predicted octanol–water partition coefficient (Wildman–Crippen LogP) is 6.24. The Morgan fingerprint density at radius 1 is 0.750 bits per heavy atom. The van der Waals surface area contributed by atoms with Crippen molar-refractivity contribution in [3.05, 3.63) is 120 Å². The van der Waals surface area contributed by atoms with Crippen molar-refractivity contribution >= 4 is 23.2 Å². The van der Waals surface area contributed by atoms with E-state index in [0.29, 0.717) is 18.7 Å². The smallest absolute Gasteiger partial charge is 0.256 e. The lowest BCUT2D eigenvalue weighted by Gasteiger charge is -2.30. The fraction of sp³-hybridized carbons (Fsp3) is 0.235. The van der Waals surface area contributed by atoms with Gasteiger partial charge >= 0.3 is 0 Å².